The number of benzene rings is 1. The predicted octanol–water partition coefficient (Wildman–Crippen LogP) is 4.12. The van der Waals surface area contributed by atoms with Gasteiger partial charge in [0.25, 0.3) is 5.91 Å². The second kappa shape index (κ2) is 6.90. The maximum Gasteiger partial charge on any atom is 0.274 e. The van der Waals surface area contributed by atoms with Gasteiger partial charge in [0, 0.05) is 42.6 Å². The summed E-state index contributed by atoms with van der Waals surface area (Å²) in [6.07, 6.45) is 3.74. The van der Waals surface area contributed by atoms with Crippen LogP contribution in [0.25, 0.3) is 0 Å². The first-order valence-corrected chi connectivity index (χ1v) is 10.2. The number of piperidine rings is 1. The molecule has 2 atom stereocenters. The SMILES string of the molecule is CC(C)n1ccc(C(=O)N2CC[C@H]3[C@@H](C2)CC(C)(C)N3c2cccc(F)c2)n1. The lowest BCUT2D eigenvalue weighted by atomic mass is 9.89. The summed E-state index contributed by atoms with van der Waals surface area (Å²) in [5.41, 5.74) is 1.39. The van der Waals surface area contributed by atoms with Gasteiger partial charge >= 0.3 is 0 Å². The Bertz CT molecular complexity index is 875. The normalized spacial score (nSPS) is 23.9. The van der Waals surface area contributed by atoms with Gasteiger partial charge in [0.1, 0.15) is 11.5 Å². The Kier molecular flexibility index (Phi) is 4.68. The van der Waals surface area contributed by atoms with E-state index in [-0.39, 0.29) is 23.3 Å². The van der Waals surface area contributed by atoms with Crippen LogP contribution >= 0.6 is 0 Å². The minimum atomic E-state index is -0.204. The molecule has 28 heavy (non-hydrogen) atoms. The molecule has 1 aromatic carbocycles. The number of fused-ring (bicyclic) bond motifs is 1. The van der Waals surface area contributed by atoms with E-state index >= 15 is 0 Å². The molecular weight excluding hydrogens is 355 g/mol. The van der Waals surface area contributed by atoms with Crippen molar-refractivity contribution in [1.82, 2.24) is 14.7 Å². The molecule has 3 heterocycles. The zero-order chi connectivity index (χ0) is 20.1. The van der Waals surface area contributed by atoms with Crippen molar-refractivity contribution in [2.24, 2.45) is 5.92 Å². The number of rotatable bonds is 3. The summed E-state index contributed by atoms with van der Waals surface area (Å²) in [4.78, 5) is 17.3. The average Bonchev–Trinajstić information content (AvgIpc) is 3.21. The number of amides is 1. The van der Waals surface area contributed by atoms with Crippen molar-refractivity contribution in [2.45, 2.75) is 58.2 Å². The molecular formula is C22H29FN4O. The number of halogens is 1. The average molecular weight is 384 g/mol. The molecule has 2 aliphatic heterocycles. The van der Waals surface area contributed by atoms with E-state index in [1.807, 2.05) is 41.8 Å². The fraction of sp³-hybridized carbons (Fsp3) is 0.545. The molecule has 0 saturated carbocycles. The Labute approximate surface area is 166 Å². The van der Waals surface area contributed by atoms with Crippen molar-refractivity contribution in [2.75, 3.05) is 18.0 Å². The van der Waals surface area contributed by atoms with Crippen LogP contribution in [-0.4, -0.2) is 45.3 Å². The summed E-state index contributed by atoms with van der Waals surface area (Å²) in [5.74, 6) is 0.188. The van der Waals surface area contributed by atoms with Gasteiger partial charge in [-0.3, -0.25) is 9.48 Å². The highest BCUT2D eigenvalue weighted by atomic mass is 19.1. The molecule has 0 unspecified atom stereocenters. The minimum Gasteiger partial charge on any atom is -0.363 e. The van der Waals surface area contributed by atoms with Crippen LogP contribution in [0.5, 0.6) is 0 Å². The highest BCUT2D eigenvalue weighted by Gasteiger charge is 2.48. The molecule has 0 spiro atoms. The predicted molar refractivity (Wildman–Crippen MR) is 108 cm³/mol. The zero-order valence-electron chi connectivity index (χ0n) is 17.1. The third kappa shape index (κ3) is 3.29. The van der Waals surface area contributed by atoms with E-state index in [0.717, 1.165) is 25.1 Å². The molecule has 6 heteroatoms. The first kappa shape index (κ1) is 19.0. The molecule has 2 saturated heterocycles. The van der Waals surface area contributed by atoms with Gasteiger partial charge < -0.3 is 9.80 Å². The number of aromatic nitrogens is 2. The van der Waals surface area contributed by atoms with Crippen molar-refractivity contribution in [3.05, 3.63) is 48.0 Å². The van der Waals surface area contributed by atoms with Gasteiger partial charge in [0.2, 0.25) is 0 Å². The number of hydrogen-bond donors (Lipinski definition) is 0. The lowest BCUT2D eigenvalue weighted by Gasteiger charge is -2.41. The molecule has 2 aromatic rings. The maximum absolute atomic E-state index is 13.8. The van der Waals surface area contributed by atoms with Crippen LogP contribution in [0.4, 0.5) is 10.1 Å². The highest BCUT2D eigenvalue weighted by Crippen LogP contribution is 2.44. The number of hydrogen-bond acceptors (Lipinski definition) is 3. The van der Waals surface area contributed by atoms with E-state index in [1.165, 1.54) is 6.07 Å². The molecule has 1 amide bonds. The fourth-order valence-electron chi connectivity index (χ4n) is 5.00. The Balaban J connectivity index is 1.52. The molecule has 150 valence electrons. The molecule has 0 N–H and O–H groups in total. The second-order valence-electron chi connectivity index (χ2n) is 9.01. The second-order valence-corrected chi connectivity index (χ2v) is 9.01. The van der Waals surface area contributed by atoms with Crippen LogP contribution in [0.15, 0.2) is 36.5 Å². The number of likely N-dealkylation sites (tertiary alicyclic amines) is 1. The van der Waals surface area contributed by atoms with E-state index in [0.29, 0.717) is 24.2 Å². The molecule has 2 fully saturated rings. The molecule has 2 aliphatic rings. The Morgan fingerprint density at radius 1 is 1.29 bits per heavy atom. The zero-order valence-corrected chi connectivity index (χ0v) is 17.1. The van der Waals surface area contributed by atoms with E-state index in [9.17, 15) is 9.18 Å². The van der Waals surface area contributed by atoms with Gasteiger partial charge in [-0.2, -0.15) is 5.10 Å². The minimum absolute atomic E-state index is 0.0138. The van der Waals surface area contributed by atoms with Crippen molar-refractivity contribution in [3.63, 3.8) is 0 Å². The van der Waals surface area contributed by atoms with Crippen LogP contribution in [0.3, 0.4) is 0 Å². The maximum atomic E-state index is 13.8. The van der Waals surface area contributed by atoms with Gasteiger partial charge in [-0.15, -0.1) is 0 Å². The Hall–Kier alpha value is -2.37. The Morgan fingerprint density at radius 3 is 2.75 bits per heavy atom. The largest absolute Gasteiger partial charge is 0.363 e. The topological polar surface area (TPSA) is 41.4 Å². The first-order chi connectivity index (χ1) is 13.3. The highest BCUT2D eigenvalue weighted by molar-refractivity contribution is 5.92. The molecule has 0 radical (unpaired) electrons. The summed E-state index contributed by atoms with van der Waals surface area (Å²) in [7, 11) is 0. The van der Waals surface area contributed by atoms with Crippen LogP contribution < -0.4 is 4.90 Å². The lowest BCUT2D eigenvalue weighted by Crippen LogP contribution is -2.50. The fourth-order valence-corrected chi connectivity index (χ4v) is 5.00. The van der Waals surface area contributed by atoms with Crippen LogP contribution in [0.2, 0.25) is 0 Å². The van der Waals surface area contributed by atoms with Crippen LogP contribution in [0.1, 0.15) is 57.1 Å². The number of carbonyl (C=O) groups is 1. The summed E-state index contributed by atoms with van der Waals surface area (Å²) in [6.45, 7) is 9.96. The van der Waals surface area contributed by atoms with Crippen LogP contribution in [-0.2, 0) is 0 Å². The van der Waals surface area contributed by atoms with E-state index in [1.54, 1.807) is 12.1 Å². The van der Waals surface area contributed by atoms with Crippen molar-refractivity contribution in [1.29, 1.82) is 0 Å². The summed E-state index contributed by atoms with van der Waals surface area (Å²) < 4.78 is 15.6. The molecule has 1 aromatic heterocycles. The quantitative estimate of drug-likeness (QED) is 0.799. The number of nitrogens with zero attached hydrogens (tertiary/aromatic N) is 4. The van der Waals surface area contributed by atoms with Crippen molar-refractivity contribution in [3.8, 4) is 0 Å². The van der Waals surface area contributed by atoms with Gasteiger partial charge in [0.05, 0.1) is 0 Å². The van der Waals surface area contributed by atoms with E-state index < -0.39 is 0 Å². The summed E-state index contributed by atoms with van der Waals surface area (Å²) in [5, 5.41) is 4.44. The smallest absolute Gasteiger partial charge is 0.274 e. The number of anilines is 1. The standard InChI is InChI=1S/C22H29FN4O/c1-15(2)26-11-8-19(24-26)21(28)25-10-9-20-16(14-25)13-22(3,4)27(20)18-7-5-6-17(23)12-18/h5-8,11-12,15-16,20H,9-10,13-14H2,1-4H3/t16-,20+/m1/s1. The third-order valence-corrected chi connectivity index (χ3v) is 6.17. The number of carbonyl (C=O) groups excluding carboxylic acids is 1. The van der Waals surface area contributed by atoms with Gasteiger partial charge in [0.15, 0.2) is 0 Å². The van der Waals surface area contributed by atoms with Gasteiger partial charge in [-0.1, -0.05) is 6.07 Å². The lowest BCUT2D eigenvalue weighted by molar-refractivity contribution is 0.0660. The van der Waals surface area contributed by atoms with E-state index in [4.69, 9.17) is 0 Å². The van der Waals surface area contributed by atoms with Crippen molar-refractivity contribution >= 4 is 11.6 Å². The third-order valence-electron chi connectivity index (χ3n) is 6.17. The van der Waals surface area contributed by atoms with E-state index in [2.05, 4.69) is 23.8 Å². The molecule has 0 bridgehead atoms. The van der Waals surface area contributed by atoms with Gasteiger partial charge in [-0.05, 0) is 70.7 Å². The summed E-state index contributed by atoms with van der Waals surface area (Å²) in [6, 6.07) is 9.26. The van der Waals surface area contributed by atoms with Gasteiger partial charge in [-0.25, -0.2) is 4.39 Å². The van der Waals surface area contributed by atoms with Crippen LogP contribution in [0, 0.1) is 11.7 Å². The summed E-state index contributed by atoms with van der Waals surface area (Å²) >= 11 is 0. The molecule has 0 aliphatic carbocycles. The Morgan fingerprint density at radius 2 is 2.07 bits per heavy atom. The molecule has 5 nitrogen and oxygen atoms in total. The monoisotopic (exact) mass is 384 g/mol. The molecule has 4 rings (SSSR count). The first-order valence-electron chi connectivity index (χ1n) is 10.2. The van der Waals surface area contributed by atoms with Crippen molar-refractivity contribution < 1.29 is 9.18 Å².